The number of carbonyl (C=O) groups excluding carboxylic acids is 2. The molecule has 0 spiro atoms. The number of hydrogen-bond donors (Lipinski definition) is 3. The van der Waals surface area contributed by atoms with Gasteiger partial charge >= 0.3 is 0 Å². The zero-order valence-corrected chi connectivity index (χ0v) is 11.1. The van der Waals surface area contributed by atoms with Crippen LogP contribution >= 0.6 is 0 Å². The second-order valence-corrected chi connectivity index (χ2v) is 4.36. The Kier molecular flexibility index (Phi) is 5.81. The first-order valence-corrected chi connectivity index (χ1v) is 6.02. The van der Waals surface area contributed by atoms with E-state index in [-0.39, 0.29) is 25.1 Å². The maximum atomic E-state index is 11.6. The molecule has 0 aliphatic rings. The molecule has 0 saturated heterocycles. The molecule has 0 aliphatic carbocycles. The Morgan fingerprint density at radius 2 is 1.89 bits per heavy atom. The summed E-state index contributed by atoms with van der Waals surface area (Å²) in [5, 5.41) is 5.76. The number of ether oxygens (including phenoxy) is 1. The van der Waals surface area contributed by atoms with E-state index in [9.17, 15) is 9.59 Å². The fourth-order valence-electron chi connectivity index (χ4n) is 1.29. The van der Waals surface area contributed by atoms with Gasteiger partial charge in [-0.1, -0.05) is 13.8 Å². The minimum absolute atomic E-state index is 0.112. The van der Waals surface area contributed by atoms with Crippen molar-refractivity contribution < 1.29 is 14.3 Å². The predicted octanol–water partition coefficient (Wildman–Crippen LogP) is 0.487. The van der Waals surface area contributed by atoms with E-state index < -0.39 is 5.91 Å². The van der Waals surface area contributed by atoms with E-state index in [4.69, 9.17) is 10.5 Å². The van der Waals surface area contributed by atoms with Crippen LogP contribution in [-0.4, -0.2) is 31.0 Å². The zero-order valence-electron chi connectivity index (χ0n) is 11.1. The number of benzene rings is 1. The fourth-order valence-corrected chi connectivity index (χ4v) is 1.29. The van der Waals surface area contributed by atoms with Crippen molar-refractivity contribution in [2.24, 2.45) is 5.73 Å². The Bertz CT molecular complexity index is 429. The van der Waals surface area contributed by atoms with Crippen molar-refractivity contribution >= 4 is 17.5 Å². The van der Waals surface area contributed by atoms with Gasteiger partial charge in [0.15, 0.2) is 6.61 Å². The first kappa shape index (κ1) is 15.0. The molecule has 6 heteroatoms. The largest absolute Gasteiger partial charge is 0.484 e. The van der Waals surface area contributed by atoms with Crippen LogP contribution in [-0.2, 0) is 9.59 Å². The summed E-state index contributed by atoms with van der Waals surface area (Å²) < 4.78 is 5.11. The second kappa shape index (κ2) is 7.38. The van der Waals surface area contributed by atoms with Crippen molar-refractivity contribution in [1.82, 2.24) is 5.32 Å². The van der Waals surface area contributed by atoms with Gasteiger partial charge in [-0.2, -0.15) is 0 Å². The molecule has 1 aromatic rings. The molecule has 0 saturated carbocycles. The number of rotatable bonds is 7. The van der Waals surface area contributed by atoms with Gasteiger partial charge < -0.3 is 21.1 Å². The number of hydrogen-bond acceptors (Lipinski definition) is 4. The van der Waals surface area contributed by atoms with Gasteiger partial charge in [-0.3, -0.25) is 9.59 Å². The second-order valence-electron chi connectivity index (χ2n) is 4.36. The Morgan fingerprint density at radius 1 is 1.26 bits per heavy atom. The van der Waals surface area contributed by atoms with Crippen LogP contribution in [0.1, 0.15) is 13.8 Å². The van der Waals surface area contributed by atoms with Gasteiger partial charge in [0, 0.05) is 11.7 Å². The monoisotopic (exact) mass is 265 g/mol. The molecule has 0 aliphatic heterocycles. The average molecular weight is 265 g/mol. The van der Waals surface area contributed by atoms with Crippen molar-refractivity contribution in [1.29, 1.82) is 0 Å². The Morgan fingerprint density at radius 3 is 2.42 bits per heavy atom. The highest BCUT2D eigenvalue weighted by Crippen LogP contribution is 2.15. The van der Waals surface area contributed by atoms with Crippen LogP contribution < -0.4 is 21.1 Å². The molecule has 2 amide bonds. The van der Waals surface area contributed by atoms with Gasteiger partial charge in [0.2, 0.25) is 5.91 Å². The fraction of sp³-hybridized carbons (Fsp3) is 0.385. The van der Waals surface area contributed by atoms with Crippen LogP contribution in [0.3, 0.4) is 0 Å². The molecule has 0 heterocycles. The Balaban J connectivity index is 2.43. The molecule has 0 aromatic heterocycles. The summed E-state index contributed by atoms with van der Waals surface area (Å²) in [6, 6.07) is 6.98. The third-order valence-corrected chi connectivity index (χ3v) is 2.19. The molecule has 0 atom stereocenters. The third kappa shape index (κ3) is 6.42. The van der Waals surface area contributed by atoms with Crippen LogP contribution in [0, 0.1) is 0 Å². The van der Waals surface area contributed by atoms with Crippen molar-refractivity contribution in [3.63, 3.8) is 0 Å². The van der Waals surface area contributed by atoms with Gasteiger partial charge in [-0.15, -0.1) is 0 Å². The molecule has 1 aromatic carbocycles. The number of anilines is 1. The van der Waals surface area contributed by atoms with Crippen LogP contribution in [0.15, 0.2) is 24.3 Å². The maximum Gasteiger partial charge on any atom is 0.255 e. The molecule has 1 rings (SSSR count). The maximum absolute atomic E-state index is 11.6. The lowest BCUT2D eigenvalue weighted by Gasteiger charge is -2.09. The first-order valence-electron chi connectivity index (χ1n) is 6.02. The van der Waals surface area contributed by atoms with Gasteiger partial charge in [0.25, 0.3) is 5.91 Å². The van der Waals surface area contributed by atoms with Crippen LogP contribution in [0.4, 0.5) is 5.69 Å². The lowest BCUT2D eigenvalue weighted by molar-refractivity contribution is -0.120. The van der Waals surface area contributed by atoms with E-state index >= 15 is 0 Å². The quantitative estimate of drug-likeness (QED) is 0.668. The molecule has 0 bridgehead atoms. The van der Waals surface area contributed by atoms with Gasteiger partial charge in [0.05, 0.1) is 6.54 Å². The van der Waals surface area contributed by atoms with Crippen LogP contribution in [0.5, 0.6) is 5.75 Å². The molecule has 6 nitrogen and oxygen atoms in total. The summed E-state index contributed by atoms with van der Waals surface area (Å²) in [6.07, 6.45) is 0. The van der Waals surface area contributed by atoms with Crippen molar-refractivity contribution in [3.05, 3.63) is 24.3 Å². The van der Waals surface area contributed by atoms with E-state index in [1.54, 1.807) is 24.3 Å². The number of primary amides is 1. The molecule has 104 valence electrons. The van der Waals surface area contributed by atoms with E-state index in [1.165, 1.54) is 0 Å². The van der Waals surface area contributed by atoms with Crippen molar-refractivity contribution in [2.75, 3.05) is 18.5 Å². The summed E-state index contributed by atoms with van der Waals surface area (Å²) >= 11 is 0. The van der Waals surface area contributed by atoms with E-state index in [1.807, 2.05) is 13.8 Å². The summed E-state index contributed by atoms with van der Waals surface area (Å²) in [6.45, 7) is 4.04. The van der Waals surface area contributed by atoms with Crippen LogP contribution in [0.25, 0.3) is 0 Å². The summed E-state index contributed by atoms with van der Waals surface area (Å²) in [5.74, 6) is -0.117. The third-order valence-electron chi connectivity index (χ3n) is 2.19. The van der Waals surface area contributed by atoms with Gasteiger partial charge in [-0.25, -0.2) is 0 Å². The molecule has 0 unspecified atom stereocenters. The number of amides is 2. The topological polar surface area (TPSA) is 93.4 Å². The number of carbonyl (C=O) groups is 2. The first-order chi connectivity index (χ1) is 8.97. The highest BCUT2D eigenvalue weighted by molar-refractivity contribution is 5.92. The van der Waals surface area contributed by atoms with Crippen molar-refractivity contribution in [2.45, 2.75) is 19.9 Å². The standard InChI is InChI=1S/C13H19N3O3/c1-9(2)15-7-13(18)16-10-3-5-11(6-4-10)19-8-12(14)17/h3-6,9,15H,7-8H2,1-2H3,(H2,14,17)(H,16,18). The number of nitrogens with one attached hydrogen (secondary N) is 2. The Hall–Kier alpha value is -2.08. The average Bonchev–Trinajstić information content (AvgIpc) is 2.35. The smallest absolute Gasteiger partial charge is 0.255 e. The highest BCUT2D eigenvalue weighted by Gasteiger charge is 2.03. The normalized spacial score (nSPS) is 10.3. The summed E-state index contributed by atoms with van der Waals surface area (Å²) in [7, 11) is 0. The minimum atomic E-state index is -0.530. The zero-order chi connectivity index (χ0) is 14.3. The highest BCUT2D eigenvalue weighted by atomic mass is 16.5. The van der Waals surface area contributed by atoms with Crippen molar-refractivity contribution in [3.8, 4) is 5.75 Å². The van der Waals surface area contributed by atoms with E-state index in [2.05, 4.69) is 10.6 Å². The summed E-state index contributed by atoms with van der Waals surface area (Å²) in [4.78, 5) is 22.1. The molecule has 19 heavy (non-hydrogen) atoms. The van der Waals surface area contributed by atoms with Crippen LogP contribution in [0.2, 0.25) is 0 Å². The molecule has 0 radical (unpaired) electrons. The summed E-state index contributed by atoms with van der Waals surface area (Å²) in [5.41, 5.74) is 5.63. The van der Waals surface area contributed by atoms with Gasteiger partial charge in [-0.05, 0) is 24.3 Å². The molecular formula is C13H19N3O3. The molecule has 0 fully saturated rings. The number of nitrogens with two attached hydrogens (primary N) is 1. The SMILES string of the molecule is CC(C)NCC(=O)Nc1ccc(OCC(N)=O)cc1. The lowest BCUT2D eigenvalue weighted by Crippen LogP contribution is -2.32. The van der Waals surface area contributed by atoms with E-state index in [0.29, 0.717) is 11.4 Å². The lowest BCUT2D eigenvalue weighted by atomic mass is 10.3. The molecule has 4 N–H and O–H groups in total. The predicted molar refractivity (Wildman–Crippen MR) is 72.9 cm³/mol. The Labute approximate surface area is 112 Å². The van der Waals surface area contributed by atoms with Gasteiger partial charge in [0.1, 0.15) is 5.75 Å². The minimum Gasteiger partial charge on any atom is -0.484 e. The molecular weight excluding hydrogens is 246 g/mol. The van der Waals surface area contributed by atoms with E-state index in [0.717, 1.165) is 0 Å².